The fourth-order valence-corrected chi connectivity index (χ4v) is 8.79. The van der Waals surface area contributed by atoms with Crippen molar-refractivity contribution in [1.29, 1.82) is 0 Å². The maximum absolute atomic E-state index is 13.7. The number of hydrogen-bond acceptors (Lipinski definition) is 2. The summed E-state index contributed by atoms with van der Waals surface area (Å²) in [4.78, 5) is 27.3. The van der Waals surface area contributed by atoms with Gasteiger partial charge in [0.1, 0.15) is 0 Å². The molecular weight excluding hydrogens is 757 g/mol. The van der Waals surface area contributed by atoms with Crippen LogP contribution < -0.4 is 9.13 Å². The summed E-state index contributed by atoms with van der Waals surface area (Å²) in [7, 11) is 0. The van der Waals surface area contributed by atoms with E-state index in [9.17, 15) is 9.59 Å². The number of ketones is 2. The van der Waals surface area contributed by atoms with Gasteiger partial charge in [0, 0.05) is 46.9 Å². The first-order chi connectivity index (χ1) is 29.5. The van der Waals surface area contributed by atoms with Crippen LogP contribution in [0.3, 0.4) is 0 Å². The zero-order valence-electron chi connectivity index (χ0n) is 38.4. The number of nitrogens with zero attached hydrogens (tertiary/aromatic N) is 2. The number of aromatic nitrogens is 2. The van der Waals surface area contributed by atoms with Gasteiger partial charge in [-0.25, -0.2) is 0 Å². The molecule has 2 aliphatic rings. The third-order valence-corrected chi connectivity index (χ3v) is 12.5. The first kappa shape index (κ1) is 45.3. The molecule has 0 radical (unpaired) electrons. The smallest absolute Gasteiger partial charge is 0.226 e. The molecule has 4 nitrogen and oxygen atoms in total. The molecule has 2 aliphatic carbocycles. The quantitative estimate of drug-likeness (QED) is 0.106. The molecule has 2 unspecified atom stereocenters. The van der Waals surface area contributed by atoms with Gasteiger partial charge in [-0.05, 0) is 86.4 Å². The summed E-state index contributed by atoms with van der Waals surface area (Å²) in [5, 5.41) is 4.64. The highest BCUT2D eigenvalue weighted by atomic mass is 16.1. The van der Waals surface area contributed by atoms with Gasteiger partial charge in [-0.3, -0.25) is 9.59 Å². The minimum atomic E-state index is -0.208. The van der Waals surface area contributed by atoms with Crippen molar-refractivity contribution >= 4 is 33.1 Å². The van der Waals surface area contributed by atoms with Crippen LogP contribution in [0.1, 0.15) is 94.2 Å². The lowest BCUT2D eigenvalue weighted by Gasteiger charge is -2.34. The molecule has 0 saturated heterocycles. The van der Waals surface area contributed by atoms with Crippen molar-refractivity contribution in [2.24, 2.45) is 10.8 Å². The fourth-order valence-electron chi connectivity index (χ4n) is 8.79. The van der Waals surface area contributed by atoms with Gasteiger partial charge < -0.3 is 0 Å². The predicted molar refractivity (Wildman–Crippen MR) is 259 cm³/mol. The molecule has 4 heteroatoms. The second kappa shape index (κ2) is 19.6. The molecule has 2 heterocycles. The van der Waals surface area contributed by atoms with Gasteiger partial charge in [0.15, 0.2) is 24.8 Å². The topological polar surface area (TPSA) is 41.9 Å². The number of hydrogen-bond donors (Lipinski definition) is 0. The highest BCUT2D eigenvalue weighted by Gasteiger charge is 2.44. The van der Waals surface area contributed by atoms with Gasteiger partial charge in [-0.15, -0.1) is 0 Å². The van der Waals surface area contributed by atoms with E-state index < -0.39 is 0 Å². The lowest BCUT2D eigenvalue weighted by Crippen LogP contribution is -2.48. The van der Waals surface area contributed by atoms with E-state index in [0.717, 1.165) is 68.2 Å². The number of Topliss-reactive ketones (excluding diaryl/α,β-unsaturated/α-hetero) is 2. The zero-order chi connectivity index (χ0) is 44.6. The second-order valence-corrected chi connectivity index (χ2v) is 18.5. The Hall–Kier alpha value is -6.26. The number of rotatable bonds is 12. The SMILES string of the molecule is CC1=C(/C=C/C(C)=C/C=C/C(C)=C/C=C/C=C(C)/C=C/C=C(C)/C=C/C2=C(C)C(=O)C([n+]3ccc4ccccc4c3)CC2(C)C)C(C)(C)CC([n+]2ccc3ccccc3c2)C1=O. The minimum Gasteiger partial charge on any atom is -0.287 e. The lowest BCUT2D eigenvalue weighted by atomic mass is 9.70. The predicted octanol–water partition coefficient (Wildman–Crippen LogP) is 13.5. The van der Waals surface area contributed by atoms with Gasteiger partial charge in [0.2, 0.25) is 23.7 Å². The van der Waals surface area contributed by atoms with E-state index in [1.807, 2.05) is 50.5 Å². The molecule has 0 spiro atoms. The first-order valence-corrected chi connectivity index (χ1v) is 21.9. The monoisotopic (exact) mass is 820 g/mol. The number of allylic oxidation sites excluding steroid dienone is 22. The van der Waals surface area contributed by atoms with Crippen molar-refractivity contribution in [3.05, 3.63) is 215 Å². The number of fused-ring (bicyclic) bond motifs is 2. The lowest BCUT2D eigenvalue weighted by molar-refractivity contribution is -0.710. The minimum absolute atomic E-state index is 0.146. The molecule has 0 N–H and O–H groups in total. The molecular formula is C58H64N2O2+2. The largest absolute Gasteiger partial charge is 0.287 e. The number of benzene rings is 2. The van der Waals surface area contributed by atoms with Gasteiger partial charge in [0.25, 0.3) is 0 Å². The Morgan fingerprint density at radius 3 is 1.23 bits per heavy atom. The number of carbonyl (C=O) groups excluding carboxylic acids is 2. The van der Waals surface area contributed by atoms with Crippen molar-refractivity contribution in [3.8, 4) is 0 Å². The van der Waals surface area contributed by atoms with Crippen LogP contribution in [-0.4, -0.2) is 11.6 Å². The standard InChI is InChI=1S/C58H64N2O2/c1-41(21-17-23-43(3)29-31-51-45(5)55(61)53(37-57(51,7)8)59-35-33-47-25-13-15-27-49(47)39-59)19-11-12-20-42(2)22-18-24-44(4)30-32-52-46(6)56(62)54(38-58(52,9)10)60-36-34-48-26-14-16-28-50(48)40-60/h11-36,39-40,53-54H,37-38H2,1-10H3/q+2/b12-11+,21-17+,22-18+,31-29+,32-30+,41-19+,42-20+,43-23+,44-24+. The van der Waals surface area contributed by atoms with Crippen LogP contribution in [0.5, 0.6) is 0 Å². The number of carbonyl (C=O) groups is 2. The van der Waals surface area contributed by atoms with Gasteiger partial charge in [-0.1, -0.05) is 171 Å². The van der Waals surface area contributed by atoms with E-state index in [0.29, 0.717) is 0 Å². The Kier molecular flexibility index (Phi) is 14.3. The summed E-state index contributed by atoms with van der Waals surface area (Å²) in [6.45, 7) is 21.3. The molecule has 62 heavy (non-hydrogen) atoms. The average Bonchev–Trinajstić information content (AvgIpc) is 3.24. The van der Waals surface area contributed by atoms with Gasteiger partial charge >= 0.3 is 0 Å². The first-order valence-electron chi connectivity index (χ1n) is 21.9. The van der Waals surface area contributed by atoms with E-state index in [4.69, 9.17) is 0 Å². The molecule has 2 aromatic heterocycles. The summed E-state index contributed by atoms with van der Waals surface area (Å²) in [6.07, 6.45) is 39.2. The molecule has 2 atom stereocenters. The van der Waals surface area contributed by atoms with E-state index in [-0.39, 0.29) is 34.5 Å². The van der Waals surface area contributed by atoms with Crippen molar-refractivity contribution in [2.75, 3.05) is 0 Å². The summed E-state index contributed by atoms with van der Waals surface area (Å²) in [6, 6.07) is 20.3. The molecule has 4 aromatic rings. The van der Waals surface area contributed by atoms with Crippen LogP contribution >= 0.6 is 0 Å². The maximum Gasteiger partial charge on any atom is 0.226 e. The van der Waals surface area contributed by atoms with Crippen molar-refractivity contribution in [1.82, 2.24) is 0 Å². The highest BCUT2D eigenvalue weighted by molar-refractivity contribution is 6.00. The Labute approximate surface area is 370 Å². The van der Waals surface area contributed by atoms with Crippen LogP contribution in [-0.2, 0) is 9.59 Å². The summed E-state index contributed by atoms with van der Waals surface area (Å²) < 4.78 is 4.19. The van der Waals surface area contributed by atoms with E-state index in [2.05, 4.69) is 198 Å². The molecule has 0 bridgehead atoms. The zero-order valence-corrected chi connectivity index (χ0v) is 38.4. The summed E-state index contributed by atoms with van der Waals surface area (Å²) in [5.74, 6) is 0.379. The summed E-state index contributed by atoms with van der Waals surface area (Å²) in [5.41, 5.74) is 8.14. The molecule has 0 amide bonds. The average molecular weight is 821 g/mol. The van der Waals surface area contributed by atoms with E-state index in [1.165, 1.54) is 10.8 Å². The molecule has 6 rings (SSSR count). The fraction of sp³-hybridized carbons (Fsp3) is 0.276. The molecule has 0 fully saturated rings. The van der Waals surface area contributed by atoms with Crippen LogP contribution in [0.15, 0.2) is 215 Å². The van der Waals surface area contributed by atoms with Crippen LogP contribution in [0, 0.1) is 10.8 Å². The Balaban J connectivity index is 1.01. The van der Waals surface area contributed by atoms with Crippen molar-refractivity contribution in [3.63, 3.8) is 0 Å². The van der Waals surface area contributed by atoms with Crippen molar-refractivity contribution < 1.29 is 18.7 Å². The van der Waals surface area contributed by atoms with Crippen LogP contribution in [0.2, 0.25) is 0 Å². The summed E-state index contributed by atoms with van der Waals surface area (Å²) >= 11 is 0. The molecule has 0 saturated carbocycles. The Morgan fingerprint density at radius 1 is 0.500 bits per heavy atom. The van der Waals surface area contributed by atoms with E-state index in [1.54, 1.807) is 0 Å². The second-order valence-electron chi connectivity index (χ2n) is 18.5. The Bertz CT molecular complexity index is 2540. The van der Waals surface area contributed by atoms with Crippen molar-refractivity contribution in [2.45, 2.75) is 94.2 Å². The molecule has 316 valence electrons. The Morgan fingerprint density at radius 2 is 0.839 bits per heavy atom. The molecule has 2 aromatic carbocycles. The maximum atomic E-state index is 13.7. The van der Waals surface area contributed by atoms with Crippen LogP contribution in [0.4, 0.5) is 0 Å². The molecule has 0 aliphatic heterocycles. The highest BCUT2D eigenvalue weighted by Crippen LogP contribution is 2.43. The normalized spacial score (nSPS) is 20.9. The van der Waals surface area contributed by atoms with Gasteiger partial charge in [-0.2, -0.15) is 9.13 Å². The third-order valence-electron chi connectivity index (χ3n) is 12.5. The third kappa shape index (κ3) is 11.0. The van der Waals surface area contributed by atoms with Gasteiger partial charge in [0.05, 0.1) is 0 Å². The van der Waals surface area contributed by atoms with Crippen LogP contribution in [0.25, 0.3) is 21.5 Å². The van der Waals surface area contributed by atoms with E-state index >= 15 is 0 Å². The number of pyridine rings is 2.